The second-order valence-corrected chi connectivity index (χ2v) is 5.70. The number of carbonyl (C=O) groups excluding carboxylic acids is 1. The summed E-state index contributed by atoms with van der Waals surface area (Å²) in [4.78, 5) is 16.8. The van der Waals surface area contributed by atoms with E-state index in [0.717, 1.165) is 17.7 Å². The lowest BCUT2D eigenvalue weighted by molar-refractivity contribution is 0.0870. The van der Waals surface area contributed by atoms with Gasteiger partial charge in [0.1, 0.15) is 5.75 Å². The Balaban J connectivity index is 2.37. The lowest BCUT2D eigenvalue weighted by Crippen LogP contribution is -2.16. The summed E-state index contributed by atoms with van der Waals surface area (Å²) in [5.41, 5.74) is 0.793. The van der Waals surface area contributed by atoms with E-state index < -0.39 is 0 Å². The van der Waals surface area contributed by atoms with Crippen molar-refractivity contribution in [2.45, 2.75) is 33.6 Å². The van der Waals surface area contributed by atoms with Gasteiger partial charge in [-0.2, -0.15) is 9.67 Å². The molecule has 0 fully saturated rings. The average molecular weight is 317 g/mol. The van der Waals surface area contributed by atoms with Crippen LogP contribution >= 0.6 is 0 Å². The summed E-state index contributed by atoms with van der Waals surface area (Å²) in [6.07, 6.45) is 1.26. The van der Waals surface area contributed by atoms with E-state index in [1.54, 1.807) is 7.11 Å². The zero-order valence-electron chi connectivity index (χ0n) is 14.1. The minimum absolute atomic E-state index is 0.0929. The molecular weight excluding hydrogens is 294 g/mol. The minimum Gasteiger partial charge on any atom is -0.497 e. The standard InChI is InChI=1S/C17H23N3O3/c1-5-10-23-17-18-16(13-6-8-14(22-4)9-7-13)20(19-17)15(21)11-12(2)3/h6-9,12H,5,10-11H2,1-4H3. The summed E-state index contributed by atoms with van der Waals surface area (Å²) < 4.78 is 12.0. The molecule has 0 atom stereocenters. The zero-order valence-corrected chi connectivity index (χ0v) is 14.1. The molecule has 0 saturated heterocycles. The highest BCUT2D eigenvalue weighted by molar-refractivity contribution is 5.82. The number of methoxy groups -OCH3 is 1. The van der Waals surface area contributed by atoms with E-state index in [2.05, 4.69) is 10.1 Å². The molecule has 124 valence electrons. The number of rotatable bonds is 7. The molecule has 0 spiro atoms. The van der Waals surface area contributed by atoms with Crippen LogP contribution in [-0.2, 0) is 0 Å². The Morgan fingerprint density at radius 3 is 2.52 bits per heavy atom. The topological polar surface area (TPSA) is 66.2 Å². The summed E-state index contributed by atoms with van der Waals surface area (Å²) >= 11 is 0. The van der Waals surface area contributed by atoms with E-state index in [9.17, 15) is 4.79 Å². The Hall–Kier alpha value is -2.37. The molecule has 0 saturated carbocycles. The smallest absolute Gasteiger partial charge is 0.336 e. The van der Waals surface area contributed by atoms with Crippen LogP contribution in [0.25, 0.3) is 11.4 Å². The molecule has 0 bridgehead atoms. The molecule has 2 aromatic rings. The molecule has 6 nitrogen and oxygen atoms in total. The van der Waals surface area contributed by atoms with E-state index in [4.69, 9.17) is 9.47 Å². The van der Waals surface area contributed by atoms with Gasteiger partial charge in [-0.3, -0.25) is 4.79 Å². The van der Waals surface area contributed by atoms with Crippen LogP contribution in [0, 0.1) is 5.92 Å². The Kier molecular flexibility index (Phi) is 5.73. The molecule has 2 rings (SSSR count). The van der Waals surface area contributed by atoms with Gasteiger partial charge in [0.25, 0.3) is 0 Å². The van der Waals surface area contributed by atoms with Crippen molar-refractivity contribution < 1.29 is 14.3 Å². The Morgan fingerprint density at radius 1 is 1.26 bits per heavy atom. The Bertz CT molecular complexity index is 648. The fourth-order valence-electron chi connectivity index (χ4n) is 2.08. The maximum Gasteiger partial charge on any atom is 0.336 e. The number of hydrogen-bond donors (Lipinski definition) is 0. The van der Waals surface area contributed by atoms with Gasteiger partial charge in [-0.1, -0.05) is 20.8 Å². The number of aromatic nitrogens is 3. The SMILES string of the molecule is CCCOc1nc(-c2ccc(OC)cc2)n(C(=O)CC(C)C)n1. The number of benzene rings is 1. The molecule has 0 radical (unpaired) electrons. The molecule has 0 aliphatic carbocycles. The molecular formula is C17H23N3O3. The van der Waals surface area contributed by atoms with Crippen LogP contribution in [0.1, 0.15) is 38.4 Å². The number of hydrogen-bond acceptors (Lipinski definition) is 5. The van der Waals surface area contributed by atoms with Crippen molar-refractivity contribution in [2.75, 3.05) is 13.7 Å². The molecule has 6 heteroatoms. The lowest BCUT2D eigenvalue weighted by atomic mass is 10.1. The van der Waals surface area contributed by atoms with Crippen molar-refractivity contribution in [1.82, 2.24) is 14.8 Å². The third kappa shape index (κ3) is 4.31. The second-order valence-electron chi connectivity index (χ2n) is 5.70. The summed E-state index contributed by atoms with van der Waals surface area (Å²) in [7, 11) is 1.61. The second kappa shape index (κ2) is 7.76. The van der Waals surface area contributed by atoms with E-state index in [1.807, 2.05) is 45.0 Å². The van der Waals surface area contributed by atoms with Gasteiger partial charge in [-0.05, 0) is 36.6 Å². The van der Waals surface area contributed by atoms with Gasteiger partial charge >= 0.3 is 6.01 Å². The molecule has 0 N–H and O–H groups in total. The van der Waals surface area contributed by atoms with Gasteiger partial charge in [-0.15, -0.1) is 5.10 Å². The molecule has 1 aromatic heterocycles. The maximum atomic E-state index is 12.4. The van der Waals surface area contributed by atoms with E-state index in [-0.39, 0.29) is 17.8 Å². The van der Waals surface area contributed by atoms with Crippen LogP contribution < -0.4 is 9.47 Å². The summed E-state index contributed by atoms with van der Waals surface area (Å²) in [5, 5.41) is 4.22. The van der Waals surface area contributed by atoms with Gasteiger partial charge in [-0.25, -0.2) is 0 Å². The summed E-state index contributed by atoms with van der Waals surface area (Å²) in [6, 6.07) is 7.59. The van der Waals surface area contributed by atoms with Crippen molar-refractivity contribution in [3.05, 3.63) is 24.3 Å². The quantitative estimate of drug-likeness (QED) is 0.782. The first kappa shape index (κ1) is 17.0. The third-order valence-corrected chi connectivity index (χ3v) is 3.19. The molecule has 0 amide bonds. The van der Waals surface area contributed by atoms with Crippen molar-refractivity contribution >= 4 is 5.91 Å². The van der Waals surface area contributed by atoms with Crippen LogP contribution in [0.5, 0.6) is 11.8 Å². The first-order valence-electron chi connectivity index (χ1n) is 7.82. The van der Waals surface area contributed by atoms with Crippen molar-refractivity contribution in [1.29, 1.82) is 0 Å². The van der Waals surface area contributed by atoms with Crippen LogP contribution in [0.2, 0.25) is 0 Å². The van der Waals surface area contributed by atoms with Crippen molar-refractivity contribution in [3.8, 4) is 23.1 Å². The van der Waals surface area contributed by atoms with Crippen LogP contribution in [0.15, 0.2) is 24.3 Å². The minimum atomic E-state index is -0.0929. The monoisotopic (exact) mass is 317 g/mol. The molecule has 1 aromatic carbocycles. The fraction of sp³-hybridized carbons (Fsp3) is 0.471. The lowest BCUT2D eigenvalue weighted by Gasteiger charge is -2.07. The maximum absolute atomic E-state index is 12.4. The van der Waals surface area contributed by atoms with Crippen LogP contribution in [0.4, 0.5) is 0 Å². The van der Waals surface area contributed by atoms with Gasteiger partial charge in [0.05, 0.1) is 13.7 Å². The predicted octanol–water partition coefficient (Wildman–Crippen LogP) is 3.43. The molecule has 23 heavy (non-hydrogen) atoms. The third-order valence-electron chi connectivity index (χ3n) is 3.19. The average Bonchev–Trinajstić information content (AvgIpc) is 2.96. The van der Waals surface area contributed by atoms with Gasteiger partial charge in [0, 0.05) is 12.0 Å². The zero-order chi connectivity index (χ0) is 16.8. The molecule has 0 aliphatic heterocycles. The highest BCUT2D eigenvalue weighted by Gasteiger charge is 2.19. The fourth-order valence-corrected chi connectivity index (χ4v) is 2.08. The predicted molar refractivity (Wildman–Crippen MR) is 87.9 cm³/mol. The number of ether oxygens (including phenoxy) is 2. The Morgan fingerprint density at radius 2 is 1.96 bits per heavy atom. The number of carbonyl (C=O) groups is 1. The highest BCUT2D eigenvalue weighted by Crippen LogP contribution is 2.23. The van der Waals surface area contributed by atoms with Crippen molar-refractivity contribution in [2.24, 2.45) is 5.92 Å². The van der Waals surface area contributed by atoms with E-state index >= 15 is 0 Å². The summed E-state index contributed by atoms with van der Waals surface area (Å²) in [5.74, 6) is 1.39. The van der Waals surface area contributed by atoms with Crippen molar-refractivity contribution in [3.63, 3.8) is 0 Å². The van der Waals surface area contributed by atoms with E-state index in [1.165, 1.54) is 4.68 Å². The molecule has 1 heterocycles. The van der Waals surface area contributed by atoms with Crippen LogP contribution in [-0.4, -0.2) is 34.4 Å². The normalized spacial score (nSPS) is 10.8. The Labute approximate surface area is 136 Å². The number of nitrogens with zero attached hydrogens (tertiary/aromatic N) is 3. The van der Waals surface area contributed by atoms with Gasteiger partial charge < -0.3 is 9.47 Å². The molecule has 0 aliphatic rings. The first-order valence-corrected chi connectivity index (χ1v) is 7.82. The van der Waals surface area contributed by atoms with Crippen LogP contribution in [0.3, 0.4) is 0 Å². The largest absolute Gasteiger partial charge is 0.497 e. The molecule has 0 unspecified atom stereocenters. The van der Waals surface area contributed by atoms with E-state index in [0.29, 0.717) is 18.9 Å². The van der Waals surface area contributed by atoms with Gasteiger partial charge in [0.2, 0.25) is 5.91 Å². The van der Waals surface area contributed by atoms with Gasteiger partial charge in [0.15, 0.2) is 5.82 Å². The highest BCUT2D eigenvalue weighted by atomic mass is 16.5. The summed E-state index contributed by atoms with van der Waals surface area (Å²) in [6.45, 7) is 6.52. The first-order chi connectivity index (χ1) is 11.0.